The van der Waals surface area contributed by atoms with Crippen molar-refractivity contribution in [3.05, 3.63) is 53.8 Å². The predicted molar refractivity (Wildman–Crippen MR) is 119 cm³/mol. The molecule has 174 valence electrons. The topological polar surface area (TPSA) is 98.5 Å². The molecule has 3 aromatic rings. The normalized spacial score (nSPS) is 16.8. The maximum Gasteiger partial charge on any atom is 0.290 e. The maximum absolute atomic E-state index is 13.2. The van der Waals surface area contributed by atoms with Crippen LogP contribution in [0.25, 0.3) is 11.0 Å². The molecule has 9 nitrogen and oxygen atoms in total. The van der Waals surface area contributed by atoms with Gasteiger partial charge in [-0.05, 0) is 18.2 Å². The van der Waals surface area contributed by atoms with E-state index in [0.29, 0.717) is 35.9 Å². The summed E-state index contributed by atoms with van der Waals surface area (Å²) in [6.07, 6.45) is 0. The number of fused-ring (bicyclic) bond motifs is 2. The van der Waals surface area contributed by atoms with Crippen molar-refractivity contribution in [3.63, 3.8) is 0 Å². The Kier molecular flexibility index (Phi) is 5.73. The van der Waals surface area contributed by atoms with E-state index in [1.807, 2.05) is 24.3 Å². The number of benzene rings is 2. The Balaban J connectivity index is 1.32. The van der Waals surface area contributed by atoms with E-state index in [1.54, 1.807) is 18.1 Å². The molecule has 0 spiro atoms. The fourth-order valence-electron chi connectivity index (χ4n) is 4.17. The van der Waals surface area contributed by atoms with Gasteiger partial charge >= 0.3 is 0 Å². The van der Waals surface area contributed by atoms with Crippen LogP contribution in [-0.2, 0) is 21.4 Å². The Bertz CT molecular complexity index is 1290. The van der Waals surface area contributed by atoms with Crippen LogP contribution in [0.5, 0.6) is 11.5 Å². The smallest absolute Gasteiger partial charge is 0.290 e. The molecule has 1 aromatic heterocycles. The summed E-state index contributed by atoms with van der Waals surface area (Å²) in [6, 6.07) is 12.1. The molecule has 0 radical (unpaired) electrons. The van der Waals surface area contributed by atoms with E-state index in [9.17, 15) is 13.2 Å². The molecule has 1 amide bonds. The van der Waals surface area contributed by atoms with Crippen molar-refractivity contribution < 1.29 is 31.8 Å². The van der Waals surface area contributed by atoms with Crippen LogP contribution in [0.3, 0.4) is 0 Å². The summed E-state index contributed by atoms with van der Waals surface area (Å²) < 4.78 is 49.9. The number of piperazine rings is 1. The van der Waals surface area contributed by atoms with Crippen molar-refractivity contribution in [2.75, 3.05) is 46.5 Å². The number of rotatable bonds is 5. The van der Waals surface area contributed by atoms with Gasteiger partial charge < -0.3 is 23.5 Å². The molecule has 3 heterocycles. The highest BCUT2D eigenvalue weighted by Gasteiger charge is 2.33. The molecule has 2 aliphatic heterocycles. The number of ether oxygens (including phenoxy) is 3. The molecule has 1 saturated heterocycles. The Labute approximate surface area is 191 Å². The number of amides is 1. The standard InChI is InChI=1S/C23H24N2O7S/c1-29-15-18-17-4-2-3-5-19(17)32-22(18)23(26)24-8-10-25(11-9-24)33(27,28)16-6-7-20-21(14-16)31-13-12-30-20/h2-7,14H,8-13,15H2,1H3. The van der Waals surface area contributed by atoms with Gasteiger partial charge in [0, 0.05) is 50.3 Å². The molecule has 33 heavy (non-hydrogen) atoms. The lowest BCUT2D eigenvalue weighted by atomic mass is 10.1. The van der Waals surface area contributed by atoms with E-state index in [0.717, 1.165) is 5.39 Å². The quantitative estimate of drug-likeness (QED) is 0.563. The van der Waals surface area contributed by atoms with Crippen LogP contribution >= 0.6 is 0 Å². The molecule has 0 saturated carbocycles. The SMILES string of the molecule is COCc1c(C(=O)N2CCN(S(=O)(=O)c3ccc4c(c3)OCCO4)CC2)oc2ccccc12. The molecule has 10 heteroatoms. The van der Waals surface area contributed by atoms with Crippen LogP contribution in [-0.4, -0.2) is 70.0 Å². The Hall–Kier alpha value is -3.08. The average molecular weight is 473 g/mol. The Morgan fingerprint density at radius 3 is 2.48 bits per heavy atom. The first-order valence-corrected chi connectivity index (χ1v) is 12.1. The van der Waals surface area contributed by atoms with Crippen molar-refractivity contribution in [2.45, 2.75) is 11.5 Å². The molecule has 0 aliphatic carbocycles. The van der Waals surface area contributed by atoms with Crippen molar-refractivity contribution in [1.29, 1.82) is 0 Å². The van der Waals surface area contributed by atoms with Gasteiger partial charge in [-0.2, -0.15) is 4.31 Å². The zero-order chi connectivity index (χ0) is 23.0. The first-order valence-electron chi connectivity index (χ1n) is 10.7. The summed E-state index contributed by atoms with van der Waals surface area (Å²) in [7, 11) is -2.16. The number of sulfonamides is 1. The van der Waals surface area contributed by atoms with Gasteiger partial charge in [0.25, 0.3) is 5.91 Å². The van der Waals surface area contributed by atoms with Gasteiger partial charge in [-0.1, -0.05) is 18.2 Å². The minimum atomic E-state index is -3.73. The van der Waals surface area contributed by atoms with E-state index in [1.165, 1.54) is 16.4 Å². The van der Waals surface area contributed by atoms with E-state index < -0.39 is 10.0 Å². The zero-order valence-corrected chi connectivity index (χ0v) is 19.0. The van der Waals surface area contributed by atoms with Gasteiger partial charge in [0.15, 0.2) is 17.3 Å². The van der Waals surface area contributed by atoms with Crippen LogP contribution in [0, 0.1) is 0 Å². The maximum atomic E-state index is 13.2. The molecule has 0 N–H and O–H groups in total. The monoisotopic (exact) mass is 472 g/mol. The molecule has 5 rings (SSSR count). The van der Waals surface area contributed by atoms with Gasteiger partial charge in [-0.15, -0.1) is 0 Å². The minimum Gasteiger partial charge on any atom is -0.486 e. The first kappa shape index (κ1) is 21.7. The summed E-state index contributed by atoms with van der Waals surface area (Å²) in [5, 5.41) is 0.836. The summed E-state index contributed by atoms with van der Waals surface area (Å²) in [5.41, 5.74) is 1.32. The second-order valence-electron chi connectivity index (χ2n) is 7.84. The molecule has 2 aliphatic rings. The van der Waals surface area contributed by atoms with Crippen LogP contribution < -0.4 is 9.47 Å². The van der Waals surface area contributed by atoms with Crippen LogP contribution in [0.2, 0.25) is 0 Å². The summed E-state index contributed by atoms with van der Waals surface area (Å²) in [4.78, 5) is 15.0. The third-order valence-electron chi connectivity index (χ3n) is 5.86. The number of furan rings is 1. The fraction of sp³-hybridized carbons (Fsp3) is 0.348. The first-order chi connectivity index (χ1) is 16.0. The number of carbonyl (C=O) groups excluding carboxylic acids is 1. The van der Waals surface area contributed by atoms with Gasteiger partial charge in [-0.3, -0.25) is 4.79 Å². The average Bonchev–Trinajstić information content (AvgIpc) is 3.22. The van der Waals surface area contributed by atoms with Crippen molar-refractivity contribution in [1.82, 2.24) is 9.21 Å². The number of hydrogen-bond acceptors (Lipinski definition) is 7. The highest BCUT2D eigenvalue weighted by molar-refractivity contribution is 7.89. The lowest BCUT2D eigenvalue weighted by Crippen LogP contribution is -2.50. The van der Waals surface area contributed by atoms with Crippen LogP contribution in [0.15, 0.2) is 51.8 Å². The highest BCUT2D eigenvalue weighted by Crippen LogP contribution is 2.33. The third-order valence-corrected chi connectivity index (χ3v) is 7.75. The number of methoxy groups -OCH3 is 1. The van der Waals surface area contributed by atoms with E-state index in [2.05, 4.69) is 0 Å². The lowest BCUT2D eigenvalue weighted by molar-refractivity contribution is 0.0662. The summed E-state index contributed by atoms with van der Waals surface area (Å²) in [5.74, 6) is 0.927. The van der Waals surface area contributed by atoms with Gasteiger partial charge in [-0.25, -0.2) is 8.42 Å². The summed E-state index contributed by atoms with van der Waals surface area (Å²) in [6.45, 7) is 1.94. The third kappa shape index (κ3) is 3.94. The van der Waals surface area contributed by atoms with Gasteiger partial charge in [0.1, 0.15) is 18.8 Å². The van der Waals surface area contributed by atoms with Gasteiger partial charge in [0.05, 0.1) is 11.5 Å². The fourth-order valence-corrected chi connectivity index (χ4v) is 5.61. The molecular formula is C23H24N2O7S. The van der Waals surface area contributed by atoms with E-state index >= 15 is 0 Å². The second kappa shape index (κ2) is 8.69. The van der Waals surface area contributed by atoms with E-state index in [4.69, 9.17) is 18.6 Å². The second-order valence-corrected chi connectivity index (χ2v) is 9.78. The van der Waals surface area contributed by atoms with Crippen LogP contribution in [0.4, 0.5) is 0 Å². The number of nitrogens with zero attached hydrogens (tertiary/aromatic N) is 2. The Morgan fingerprint density at radius 2 is 1.73 bits per heavy atom. The molecule has 1 fully saturated rings. The Morgan fingerprint density at radius 1 is 1.00 bits per heavy atom. The largest absolute Gasteiger partial charge is 0.486 e. The van der Waals surface area contributed by atoms with E-state index in [-0.39, 0.29) is 49.3 Å². The summed E-state index contributed by atoms with van der Waals surface area (Å²) >= 11 is 0. The lowest BCUT2D eigenvalue weighted by Gasteiger charge is -2.33. The number of para-hydroxylation sites is 1. The molecular weight excluding hydrogens is 448 g/mol. The van der Waals surface area contributed by atoms with Gasteiger partial charge in [0.2, 0.25) is 10.0 Å². The predicted octanol–water partition coefficient (Wildman–Crippen LogP) is 2.50. The zero-order valence-electron chi connectivity index (χ0n) is 18.2. The van der Waals surface area contributed by atoms with Crippen LogP contribution in [0.1, 0.15) is 16.1 Å². The molecule has 0 atom stereocenters. The molecule has 0 unspecified atom stereocenters. The molecule has 2 aromatic carbocycles. The van der Waals surface area contributed by atoms with Crippen molar-refractivity contribution in [3.8, 4) is 11.5 Å². The molecule has 0 bridgehead atoms. The minimum absolute atomic E-state index is 0.145. The highest BCUT2D eigenvalue weighted by atomic mass is 32.2. The van der Waals surface area contributed by atoms with Crippen molar-refractivity contribution in [2.24, 2.45) is 0 Å². The number of hydrogen-bond donors (Lipinski definition) is 0. The number of carbonyl (C=O) groups is 1. The van der Waals surface area contributed by atoms with Crippen molar-refractivity contribution >= 4 is 26.9 Å².